The Hall–Kier alpha value is -3.19. The normalized spacial score (nSPS) is 11.3. The van der Waals surface area contributed by atoms with Crippen LogP contribution in [-0.4, -0.2) is 6.21 Å². The predicted molar refractivity (Wildman–Crippen MR) is 105 cm³/mol. The third-order valence-corrected chi connectivity index (χ3v) is 4.28. The van der Waals surface area contributed by atoms with Crippen LogP contribution in [0.1, 0.15) is 11.1 Å². The lowest BCUT2D eigenvalue weighted by Crippen LogP contribution is -1.88. The van der Waals surface area contributed by atoms with Crippen LogP contribution in [0.15, 0.2) is 90.4 Å². The third-order valence-electron chi connectivity index (χ3n) is 4.28. The van der Waals surface area contributed by atoms with Crippen molar-refractivity contribution in [3.63, 3.8) is 0 Å². The van der Waals surface area contributed by atoms with E-state index in [4.69, 9.17) is 4.99 Å². The van der Waals surface area contributed by atoms with Gasteiger partial charge in [-0.2, -0.15) is 0 Å². The monoisotopic (exact) mass is 307 g/mol. The predicted octanol–water partition coefficient (Wildman–Crippen LogP) is 6.39. The number of rotatable bonds is 3. The first kappa shape index (κ1) is 14.4. The Balaban J connectivity index is 1.89. The minimum absolute atomic E-state index is 0.942. The van der Waals surface area contributed by atoms with E-state index in [-0.39, 0.29) is 0 Å². The Kier molecular flexibility index (Phi) is 3.68. The van der Waals surface area contributed by atoms with Gasteiger partial charge in [0.05, 0.1) is 5.69 Å². The molecular weight excluding hydrogens is 290 g/mol. The molecule has 0 saturated heterocycles. The molecule has 0 radical (unpaired) electrons. The lowest BCUT2D eigenvalue weighted by atomic mass is 9.97. The number of nitrogens with zero attached hydrogens (tertiary/aromatic N) is 1. The molecule has 1 heteroatoms. The van der Waals surface area contributed by atoms with Crippen molar-refractivity contribution in [2.45, 2.75) is 0 Å². The van der Waals surface area contributed by atoms with E-state index < -0.39 is 0 Å². The van der Waals surface area contributed by atoms with Crippen LogP contribution in [0, 0.1) is 0 Å². The highest BCUT2D eigenvalue weighted by atomic mass is 14.7. The SMILES string of the molecule is C=Cc1ccc(N=Cc2c3ccccc3cc3ccccc23)cc1. The van der Waals surface area contributed by atoms with Gasteiger partial charge in [-0.3, -0.25) is 4.99 Å². The molecule has 4 rings (SSSR count). The summed E-state index contributed by atoms with van der Waals surface area (Å²) < 4.78 is 0. The van der Waals surface area contributed by atoms with Crippen molar-refractivity contribution in [3.8, 4) is 0 Å². The molecule has 0 spiro atoms. The summed E-state index contributed by atoms with van der Waals surface area (Å²) in [5, 5.41) is 4.92. The summed E-state index contributed by atoms with van der Waals surface area (Å²) in [5.74, 6) is 0. The van der Waals surface area contributed by atoms with Crippen LogP contribution in [0.3, 0.4) is 0 Å². The van der Waals surface area contributed by atoms with Gasteiger partial charge in [-0.1, -0.05) is 73.3 Å². The van der Waals surface area contributed by atoms with Gasteiger partial charge in [0.25, 0.3) is 0 Å². The topological polar surface area (TPSA) is 12.4 Å². The molecule has 0 heterocycles. The van der Waals surface area contributed by atoms with Crippen molar-refractivity contribution in [1.29, 1.82) is 0 Å². The van der Waals surface area contributed by atoms with Gasteiger partial charge in [0.2, 0.25) is 0 Å². The molecule has 0 aliphatic heterocycles. The standard InChI is InChI=1S/C23H17N/c1-2-17-11-13-20(14-12-17)24-16-23-21-9-5-3-7-18(21)15-19-8-4-6-10-22(19)23/h2-16H,1H2. The second-order valence-corrected chi connectivity index (χ2v) is 5.79. The second-order valence-electron chi connectivity index (χ2n) is 5.79. The maximum absolute atomic E-state index is 4.69. The van der Waals surface area contributed by atoms with Gasteiger partial charge in [-0.05, 0) is 45.3 Å². The average Bonchev–Trinajstić information content (AvgIpc) is 2.65. The van der Waals surface area contributed by atoms with E-state index >= 15 is 0 Å². The van der Waals surface area contributed by atoms with Crippen molar-refractivity contribution in [2.75, 3.05) is 0 Å². The van der Waals surface area contributed by atoms with Gasteiger partial charge >= 0.3 is 0 Å². The van der Waals surface area contributed by atoms with Gasteiger partial charge in [0.15, 0.2) is 0 Å². The fourth-order valence-corrected chi connectivity index (χ4v) is 3.02. The Morgan fingerprint density at radius 1 is 0.708 bits per heavy atom. The number of fused-ring (bicyclic) bond motifs is 2. The van der Waals surface area contributed by atoms with Crippen LogP contribution in [0.25, 0.3) is 27.6 Å². The van der Waals surface area contributed by atoms with E-state index in [1.165, 1.54) is 21.5 Å². The molecule has 24 heavy (non-hydrogen) atoms. The molecule has 114 valence electrons. The number of aliphatic imine (C=N–C) groups is 1. The summed E-state index contributed by atoms with van der Waals surface area (Å²) in [4.78, 5) is 4.69. The zero-order chi connectivity index (χ0) is 16.4. The van der Waals surface area contributed by atoms with Crippen LogP contribution in [0.4, 0.5) is 5.69 Å². The van der Waals surface area contributed by atoms with Crippen LogP contribution in [0.2, 0.25) is 0 Å². The fraction of sp³-hybridized carbons (Fsp3) is 0. The summed E-state index contributed by atoms with van der Waals surface area (Å²) in [6, 6.07) is 27.2. The van der Waals surface area contributed by atoms with E-state index in [0.717, 1.165) is 16.8 Å². The third kappa shape index (κ3) is 2.61. The Morgan fingerprint density at radius 2 is 1.29 bits per heavy atom. The molecule has 0 atom stereocenters. The zero-order valence-corrected chi connectivity index (χ0v) is 13.3. The number of hydrogen-bond donors (Lipinski definition) is 0. The van der Waals surface area contributed by atoms with Crippen molar-refractivity contribution in [1.82, 2.24) is 0 Å². The highest BCUT2D eigenvalue weighted by molar-refractivity contribution is 6.13. The van der Waals surface area contributed by atoms with Gasteiger partial charge in [-0.25, -0.2) is 0 Å². The summed E-state index contributed by atoms with van der Waals surface area (Å²) in [7, 11) is 0. The average molecular weight is 307 g/mol. The second kappa shape index (κ2) is 6.13. The van der Waals surface area contributed by atoms with Crippen LogP contribution in [-0.2, 0) is 0 Å². The highest BCUT2D eigenvalue weighted by Gasteiger charge is 2.05. The molecule has 0 saturated carbocycles. The molecule has 4 aromatic rings. The van der Waals surface area contributed by atoms with E-state index in [9.17, 15) is 0 Å². The van der Waals surface area contributed by atoms with Crippen molar-refractivity contribution in [2.24, 2.45) is 4.99 Å². The summed E-state index contributed by atoms with van der Waals surface area (Å²) in [5.41, 5.74) is 3.21. The van der Waals surface area contributed by atoms with Gasteiger partial charge in [0.1, 0.15) is 0 Å². The minimum atomic E-state index is 0.942. The fourth-order valence-electron chi connectivity index (χ4n) is 3.02. The van der Waals surface area contributed by atoms with E-state index in [1.807, 2.05) is 36.6 Å². The highest BCUT2D eigenvalue weighted by Crippen LogP contribution is 2.27. The van der Waals surface area contributed by atoms with Crippen molar-refractivity contribution in [3.05, 3.63) is 96.6 Å². The molecule has 1 nitrogen and oxygen atoms in total. The lowest BCUT2D eigenvalue weighted by molar-refractivity contribution is 1.52. The van der Waals surface area contributed by atoms with Crippen molar-refractivity contribution < 1.29 is 0 Å². The largest absolute Gasteiger partial charge is 0.256 e. The first-order valence-corrected chi connectivity index (χ1v) is 8.02. The summed E-state index contributed by atoms with van der Waals surface area (Å²) in [6.07, 6.45) is 3.82. The zero-order valence-electron chi connectivity index (χ0n) is 13.3. The molecule has 0 N–H and O–H groups in total. The van der Waals surface area contributed by atoms with Crippen LogP contribution >= 0.6 is 0 Å². The molecule has 0 aromatic heterocycles. The van der Waals surface area contributed by atoms with E-state index in [2.05, 4.69) is 61.2 Å². The van der Waals surface area contributed by atoms with Gasteiger partial charge in [0, 0.05) is 11.8 Å². The van der Waals surface area contributed by atoms with Crippen LogP contribution in [0.5, 0.6) is 0 Å². The quantitative estimate of drug-likeness (QED) is 0.307. The van der Waals surface area contributed by atoms with E-state index in [1.54, 1.807) is 0 Å². The van der Waals surface area contributed by atoms with Gasteiger partial charge < -0.3 is 0 Å². The van der Waals surface area contributed by atoms with Crippen molar-refractivity contribution >= 4 is 39.5 Å². The maximum Gasteiger partial charge on any atom is 0.0630 e. The Morgan fingerprint density at radius 3 is 1.88 bits per heavy atom. The molecule has 4 aromatic carbocycles. The summed E-state index contributed by atoms with van der Waals surface area (Å²) in [6.45, 7) is 3.78. The lowest BCUT2D eigenvalue weighted by Gasteiger charge is -2.08. The molecule has 0 aliphatic rings. The van der Waals surface area contributed by atoms with E-state index in [0.29, 0.717) is 0 Å². The number of benzene rings is 4. The molecular formula is C23H17N. The van der Waals surface area contributed by atoms with Gasteiger partial charge in [-0.15, -0.1) is 0 Å². The summed E-state index contributed by atoms with van der Waals surface area (Å²) >= 11 is 0. The molecule has 0 fully saturated rings. The molecule has 0 aliphatic carbocycles. The molecule has 0 bridgehead atoms. The first-order valence-electron chi connectivity index (χ1n) is 8.02. The molecule has 0 amide bonds. The Bertz CT molecular complexity index is 1000. The molecule has 0 unspecified atom stereocenters. The maximum atomic E-state index is 4.69. The Labute approximate surface area is 141 Å². The first-order chi connectivity index (χ1) is 11.8. The number of hydrogen-bond acceptors (Lipinski definition) is 1. The smallest absolute Gasteiger partial charge is 0.0630 e. The van der Waals surface area contributed by atoms with Crippen LogP contribution < -0.4 is 0 Å². The minimum Gasteiger partial charge on any atom is -0.256 e.